The van der Waals surface area contributed by atoms with E-state index in [9.17, 15) is 14.4 Å². The molecule has 1 aromatic carbocycles. The van der Waals surface area contributed by atoms with Gasteiger partial charge < -0.3 is 4.74 Å². The summed E-state index contributed by atoms with van der Waals surface area (Å²) in [6.07, 6.45) is 1.75. The number of hydrogen-bond donors (Lipinski definition) is 3. The van der Waals surface area contributed by atoms with E-state index in [1.807, 2.05) is 5.48 Å². The van der Waals surface area contributed by atoms with Gasteiger partial charge in [-0.25, -0.2) is 14.0 Å². The van der Waals surface area contributed by atoms with E-state index in [1.54, 1.807) is 6.92 Å². The highest BCUT2D eigenvalue weighted by molar-refractivity contribution is 9.10. The highest BCUT2D eigenvalue weighted by atomic mass is 79.9. The Balaban J connectivity index is 1.85. The van der Waals surface area contributed by atoms with Crippen molar-refractivity contribution in [1.82, 2.24) is 20.9 Å². The van der Waals surface area contributed by atoms with E-state index >= 15 is 0 Å². The second-order valence-electron chi connectivity index (χ2n) is 5.38. The highest BCUT2D eigenvalue weighted by Crippen LogP contribution is 2.25. The van der Waals surface area contributed by atoms with Crippen LogP contribution in [0.15, 0.2) is 37.3 Å². The van der Waals surface area contributed by atoms with Crippen LogP contribution in [-0.4, -0.2) is 52.4 Å². The van der Waals surface area contributed by atoms with Gasteiger partial charge in [-0.3, -0.25) is 20.6 Å². The number of rotatable bonds is 11. The van der Waals surface area contributed by atoms with Crippen LogP contribution in [0.2, 0.25) is 0 Å². The van der Waals surface area contributed by atoms with Gasteiger partial charge in [0.2, 0.25) is 0 Å². The van der Waals surface area contributed by atoms with Crippen molar-refractivity contribution in [3.63, 3.8) is 0 Å². The lowest BCUT2D eigenvalue weighted by Crippen LogP contribution is -2.21. The van der Waals surface area contributed by atoms with Gasteiger partial charge in [-0.2, -0.15) is 0 Å². The predicted octanol–water partition coefficient (Wildman–Crippen LogP) is 3.26. The first-order valence-electron chi connectivity index (χ1n) is 8.56. The average Bonchev–Trinajstić information content (AvgIpc) is 3.16. The molecule has 0 amide bonds. The molecule has 1 atom stereocenters. The van der Waals surface area contributed by atoms with Gasteiger partial charge in [-0.15, -0.1) is 11.8 Å². The van der Waals surface area contributed by atoms with Crippen LogP contribution in [0.5, 0.6) is 0 Å². The van der Waals surface area contributed by atoms with Crippen molar-refractivity contribution in [2.45, 2.75) is 18.4 Å². The number of amidine groups is 1. The standard InChI is InChI=1S/C16H20BrFN5O4PS/c1-2-26-13(24)9-19-28-6-3-7-29-16-14(22-27-23-16)15(21-25)20-10-4-5-12(18)11(17)8-10/h4-5,8,19,25,28H,2-3,6-7,9H2,1H3,(H,20,21). The molecule has 0 radical (unpaired) electrons. The molecular formula is C16H20BrFN5O4PS. The molecule has 0 aliphatic heterocycles. The van der Waals surface area contributed by atoms with E-state index in [0.29, 0.717) is 26.1 Å². The number of carbonyl (C=O) groups excluding carboxylic acids is 1. The second-order valence-corrected chi connectivity index (χ2v) is 8.52. The van der Waals surface area contributed by atoms with Crippen LogP contribution in [0, 0.1) is 5.82 Å². The molecule has 0 aliphatic rings. The van der Waals surface area contributed by atoms with E-state index < -0.39 is 5.82 Å². The Kier molecular flexibility index (Phi) is 10.5. The van der Waals surface area contributed by atoms with Crippen molar-refractivity contribution in [3.8, 4) is 0 Å². The van der Waals surface area contributed by atoms with Crippen LogP contribution in [-0.2, 0) is 9.53 Å². The Labute approximate surface area is 181 Å². The maximum Gasteiger partial charge on any atom is 0.320 e. The summed E-state index contributed by atoms with van der Waals surface area (Å²) in [5.74, 6) is 0.0875. The molecule has 2 rings (SSSR count). The zero-order valence-electron chi connectivity index (χ0n) is 15.4. The predicted molar refractivity (Wildman–Crippen MR) is 113 cm³/mol. The lowest BCUT2D eigenvalue weighted by molar-refractivity contribution is -0.141. The third-order valence-corrected chi connectivity index (χ3v) is 5.95. The molecule has 158 valence electrons. The van der Waals surface area contributed by atoms with E-state index in [-0.39, 0.29) is 28.5 Å². The van der Waals surface area contributed by atoms with Gasteiger partial charge in [0, 0.05) is 5.75 Å². The molecule has 1 aromatic heterocycles. The number of carbonyl (C=O) groups is 1. The second kappa shape index (κ2) is 12.9. The maximum absolute atomic E-state index is 13.4. The van der Waals surface area contributed by atoms with Gasteiger partial charge in [-0.05, 0) is 63.9 Å². The summed E-state index contributed by atoms with van der Waals surface area (Å²) in [5.41, 5.74) is 2.64. The third kappa shape index (κ3) is 7.98. The number of aliphatic imine (C=N–C) groups is 1. The Hall–Kier alpha value is -1.59. The molecule has 1 unspecified atom stereocenters. The van der Waals surface area contributed by atoms with Gasteiger partial charge >= 0.3 is 5.97 Å². The Morgan fingerprint density at radius 3 is 3.03 bits per heavy atom. The van der Waals surface area contributed by atoms with Gasteiger partial charge in [0.1, 0.15) is 5.82 Å². The van der Waals surface area contributed by atoms with Crippen molar-refractivity contribution in [2.24, 2.45) is 4.99 Å². The molecule has 0 saturated carbocycles. The number of thioether (sulfide) groups is 1. The fraction of sp³-hybridized carbons (Fsp3) is 0.375. The summed E-state index contributed by atoms with van der Waals surface area (Å²) in [6, 6.07) is 4.19. The van der Waals surface area contributed by atoms with Crippen LogP contribution in [0.4, 0.5) is 10.1 Å². The molecule has 0 fully saturated rings. The van der Waals surface area contributed by atoms with Gasteiger partial charge in [0.15, 0.2) is 16.6 Å². The SMILES string of the molecule is CCOC(=O)CNPCCCSc1nonc1C(=Nc1ccc(F)c(Br)c1)NO. The number of aromatic nitrogens is 2. The summed E-state index contributed by atoms with van der Waals surface area (Å²) in [7, 11) is 0.441. The minimum Gasteiger partial charge on any atom is -0.465 e. The van der Waals surface area contributed by atoms with Crippen molar-refractivity contribution in [3.05, 3.63) is 34.2 Å². The first kappa shape index (κ1) is 23.7. The highest BCUT2D eigenvalue weighted by Gasteiger charge is 2.17. The van der Waals surface area contributed by atoms with E-state index in [1.165, 1.54) is 30.0 Å². The number of halogens is 2. The normalized spacial score (nSPS) is 11.9. The minimum atomic E-state index is -0.417. The molecule has 2 aromatic rings. The summed E-state index contributed by atoms with van der Waals surface area (Å²) >= 11 is 4.49. The maximum atomic E-state index is 13.4. The van der Waals surface area contributed by atoms with E-state index in [0.717, 1.165) is 18.3 Å². The molecule has 13 heteroatoms. The van der Waals surface area contributed by atoms with Gasteiger partial charge in [-0.1, -0.05) is 8.73 Å². The number of ether oxygens (including phenoxy) is 1. The van der Waals surface area contributed by atoms with Crippen molar-refractivity contribution < 1.29 is 23.8 Å². The topological polar surface area (TPSA) is 122 Å². The van der Waals surface area contributed by atoms with Crippen molar-refractivity contribution in [2.75, 3.05) is 25.1 Å². The summed E-state index contributed by atoms with van der Waals surface area (Å²) in [4.78, 5) is 15.4. The molecule has 0 saturated heterocycles. The Morgan fingerprint density at radius 1 is 1.48 bits per heavy atom. The molecule has 0 aliphatic carbocycles. The van der Waals surface area contributed by atoms with Crippen LogP contribution < -0.4 is 10.6 Å². The van der Waals surface area contributed by atoms with Gasteiger partial charge in [0.25, 0.3) is 0 Å². The average molecular weight is 508 g/mol. The zero-order valence-corrected chi connectivity index (χ0v) is 18.8. The number of benzene rings is 1. The van der Waals surface area contributed by atoms with Gasteiger partial charge in [0.05, 0.1) is 23.3 Å². The van der Waals surface area contributed by atoms with Crippen LogP contribution in [0.25, 0.3) is 0 Å². The number of esters is 1. The number of nitrogens with one attached hydrogen (secondary N) is 2. The first-order valence-corrected chi connectivity index (χ1v) is 11.5. The van der Waals surface area contributed by atoms with E-state index in [4.69, 9.17) is 9.37 Å². The van der Waals surface area contributed by atoms with Crippen molar-refractivity contribution >= 4 is 53.9 Å². The van der Waals surface area contributed by atoms with E-state index in [2.05, 4.69) is 36.3 Å². The quantitative estimate of drug-likeness (QED) is 0.0799. The van der Waals surface area contributed by atoms with Crippen LogP contribution in [0.3, 0.4) is 0 Å². The molecule has 0 bridgehead atoms. The first-order chi connectivity index (χ1) is 14.0. The Bertz CT molecular complexity index is 841. The molecule has 3 N–H and O–H groups in total. The lowest BCUT2D eigenvalue weighted by Gasteiger charge is -2.05. The largest absolute Gasteiger partial charge is 0.465 e. The van der Waals surface area contributed by atoms with Crippen LogP contribution in [0.1, 0.15) is 19.0 Å². The molecule has 9 nitrogen and oxygen atoms in total. The zero-order chi connectivity index (χ0) is 21.1. The number of nitrogens with zero attached hydrogens (tertiary/aromatic N) is 3. The molecule has 1 heterocycles. The molecule has 29 heavy (non-hydrogen) atoms. The smallest absolute Gasteiger partial charge is 0.320 e. The monoisotopic (exact) mass is 507 g/mol. The lowest BCUT2D eigenvalue weighted by atomic mass is 10.3. The number of hydroxylamine groups is 1. The molecule has 0 spiro atoms. The summed E-state index contributed by atoms with van der Waals surface area (Å²) in [5, 5.41) is 20.6. The number of hydrogen-bond acceptors (Lipinski definition) is 9. The minimum absolute atomic E-state index is 0.0326. The third-order valence-electron chi connectivity index (χ3n) is 3.28. The fourth-order valence-electron chi connectivity index (χ4n) is 2.00. The fourth-order valence-corrected chi connectivity index (χ4v) is 4.26. The summed E-state index contributed by atoms with van der Waals surface area (Å²) < 4.78 is 23.2. The Morgan fingerprint density at radius 2 is 2.31 bits per heavy atom. The van der Waals surface area contributed by atoms with Crippen molar-refractivity contribution in [1.29, 1.82) is 0 Å². The molecular weight excluding hydrogens is 488 g/mol. The van der Waals surface area contributed by atoms with Crippen LogP contribution >= 0.6 is 36.4 Å². The summed E-state index contributed by atoms with van der Waals surface area (Å²) in [6.45, 7) is 2.35.